The molecule has 7 aromatic rings. The summed E-state index contributed by atoms with van der Waals surface area (Å²) in [5.41, 5.74) is 11.2. The van der Waals surface area contributed by atoms with Crippen LogP contribution in [0, 0.1) is 29.1 Å². The van der Waals surface area contributed by atoms with Crippen molar-refractivity contribution >= 4 is 0 Å². The zero-order valence-electron chi connectivity index (χ0n) is 32.0. The van der Waals surface area contributed by atoms with Gasteiger partial charge in [0, 0.05) is 16.7 Å². The number of nitriles is 1. The molecule has 0 radical (unpaired) electrons. The van der Waals surface area contributed by atoms with Gasteiger partial charge in [0.2, 0.25) is 0 Å². The van der Waals surface area contributed by atoms with E-state index in [-0.39, 0.29) is 5.41 Å². The van der Waals surface area contributed by atoms with Crippen molar-refractivity contribution < 1.29 is 0 Å². The lowest BCUT2D eigenvalue weighted by Crippen LogP contribution is -2.42. The molecule has 4 nitrogen and oxygen atoms in total. The minimum Gasteiger partial charge on any atom is -0.208 e. The molecule has 2 unspecified atom stereocenters. The summed E-state index contributed by atoms with van der Waals surface area (Å²) in [5, 5.41) is 10.1. The Morgan fingerprint density at radius 2 is 1.07 bits per heavy atom. The number of fused-ring (bicyclic) bond motifs is 5. The van der Waals surface area contributed by atoms with E-state index in [0.717, 1.165) is 67.8 Å². The largest absolute Gasteiger partial charge is 0.208 e. The minimum absolute atomic E-state index is 0.251. The first-order valence-corrected chi connectivity index (χ1v) is 20.2. The van der Waals surface area contributed by atoms with Crippen LogP contribution in [0.15, 0.2) is 152 Å². The van der Waals surface area contributed by atoms with E-state index in [0.29, 0.717) is 23.0 Å². The molecule has 4 atom stereocenters. The van der Waals surface area contributed by atoms with Gasteiger partial charge in [-0.1, -0.05) is 153 Å². The molecule has 2 saturated carbocycles. The molecule has 56 heavy (non-hydrogen) atoms. The van der Waals surface area contributed by atoms with Gasteiger partial charge < -0.3 is 0 Å². The summed E-state index contributed by atoms with van der Waals surface area (Å²) in [6, 6.07) is 56.0. The zero-order valence-corrected chi connectivity index (χ0v) is 32.0. The second kappa shape index (κ2) is 13.5. The summed E-state index contributed by atoms with van der Waals surface area (Å²) >= 11 is 0. The molecule has 0 spiro atoms. The van der Waals surface area contributed by atoms with Gasteiger partial charge in [-0.15, -0.1) is 0 Å². The number of nitrogens with zero attached hydrogens (tertiary/aromatic N) is 4. The standard InChI is InChI=1S/C52H44N4/c1-34-27-37-28-35(2)31-51(30-34,32-37)40-24-22-39(23-25-40)49-54-48(38-13-6-3-7-14-38)55-50(56-49)44-20-12-19-43-45-29-36(33-53)21-26-46(45)52(47(43)44,41-15-8-4-9-16-41)42-17-10-5-11-18-42/h3-26,29,34-35,37H,27-28,30-32H2,1-2H3/t34-,35+,37?,51?. The van der Waals surface area contributed by atoms with Crippen LogP contribution < -0.4 is 0 Å². The summed E-state index contributed by atoms with van der Waals surface area (Å²) in [7, 11) is 0. The number of hydrogen-bond acceptors (Lipinski definition) is 4. The molecule has 6 aromatic carbocycles. The molecular formula is C52H44N4. The second-order valence-electron chi connectivity index (χ2n) is 16.8. The monoisotopic (exact) mass is 724 g/mol. The van der Waals surface area contributed by atoms with Crippen LogP contribution in [0.2, 0.25) is 0 Å². The van der Waals surface area contributed by atoms with Crippen molar-refractivity contribution in [2.24, 2.45) is 17.8 Å². The number of rotatable bonds is 6. The van der Waals surface area contributed by atoms with Gasteiger partial charge in [0.1, 0.15) is 0 Å². The Balaban J connectivity index is 1.19. The molecule has 0 aliphatic heterocycles. The van der Waals surface area contributed by atoms with Gasteiger partial charge in [0.15, 0.2) is 17.5 Å². The van der Waals surface area contributed by atoms with E-state index in [1.165, 1.54) is 37.7 Å². The van der Waals surface area contributed by atoms with Crippen molar-refractivity contribution in [2.45, 2.75) is 56.8 Å². The fourth-order valence-electron chi connectivity index (χ4n) is 11.2. The second-order valence-corrected chi connectivity index (χ2v) is 16.8. The normalized spacial score (nSPS) is 21.8. The molecule has 2 fully saturated rings. The molecule has 0 N–H and O–H groups in total. The van der Waals surface area contributed by atoms with Crippen molar-refractivity contribution in [1.29, 1.82) is 5.26 Å². The lowest BCUT2D eigenvalue weighted by atomic mass is 9.54. The highest BCUT2D eigenvalue weighted by molar-refractivity contribution is 5.92. The van der Waals surface area contributed by atoms with E-state index in [1.54, 1.807) is 0 Å². The summed E-state index contributed by atoms with van der Waals surface area (Å²) in [6.07, 6.45) is 6.57. The third kappa shape index (κ3) is 5.52. The van der Waals surface area contributed by atoms with Crippen LogP contribution in [0.4, 0.5) is 0 Å². The maximum Gasteiger partial charge on any atom is 0.164 e. The highest BCUT2D eigenvalue weighted by Gasteiger charge is 2.48. The quantitative estimate of drug-likeness (QED) is 0.171. The molecule has 3 aliphatic carbocycles. The predicted octanol–water partition coefficient (Wildman–Crippen LogP) is 12.2. The van der Waals surface area contributed by atoms with Gasteiger partial charge >= 0.3 is 0 Å². The number of hydrogen-bond donors (Lipinski definition) is 0. The number of aromatic nitrogens is 3. The highest BCUT2D eigenvalue weighted by atomic mass is 15.0. The average molecular weight is 725 g/mol. The van der Waals surface area contributed by atoms with Crippen LogP contribution in [0.25, 0.3) is 45.3 Å². The molecule has 4 heteroatoms. The highest BCUT2D eigenvalue weighted by Crippen LogP contribution is 2.59. The van der Waals surface area contributed by atoms with Crippen LogP contribution in [0.5, 0.6) is 0 Å². The van der Waals surface area contributed by atoms with Crippen LogP contribution in [0.3, 0.4) is 0 Å². The SMILES string of the molecule is C[C@@H]1CC2C[C@H](C)CC(c3ccc(-c4nc(-c5ccccc5)nc(-c5cccc6c5C(c5ccccc5)(c5ccccc5)c5ccc(C#N)cc5-6)n4)cc3)(C2)C1. The minimum atomic E-state index is -0.690. The molecule has 2 bridgehead atoms. The first kappa shape index (κ1) is 34.3. The molecule has 1 aromatic heterocycles. The Hall–Kier alpha value is -6.18. The molecule has 0 amide bonds. The van der Waals surface area contributed by atoms with Crippen LogP contribution in [0.1, 0.15) is 79.3 Å². The summed E-state index contributed by atoms with van der Waals surface area (Å²) in [5.74, 6) is 4.26. The van der Waals surface area contributed by atoms with Crippen molar-refractivity contribution in [3.05, 3.63) is 185 Å². The van der Waals surface area contributed by atoms with Gasteiger partial charge in [-0.3, -0.25) is 0 Å². The summed E-state index contributed by atoms with van der Waals surface area (Å²) in [6.45, 7) is 4.91. The van der Waals surface area contributed by atoms with Gasteiger partial charge in [-0.2, -0.15) is 5.26 Å². The van der Waals surface area contributed by atoms with Gasteiger partial charge in [0.05, 0.1) is 17.0 Å². The zero-order chi connectivity index (χ0) is 37.9. The van der Waals surface area contributed by atoms with Gasteiger partial charge in [-0.05, 0) is 106 Å². The topological polar surface area (TPSA) is 62.5 Å². The van der Waals surface area contributed by atoms with Crippen molar-refractivity contribution in [2.75, 3.05) is 0 Å². The lowest BCUT2D eigenvalue weighted by Gasteiger charge is -2.50. The van der Waals surface area contributed by atoms with Crippen LogP contribution in [-0.4, -0.2) is 15.0 Å². The lowest BCUT2D eigenvalue weighted by molar-refractivity contribution is 0.0780. The van der Waals surface area contributed by atoms with Crippen LogP contribution >= 0.6 is 0 Å². The van der Waals surface area contributed by atoms with E-state index in [9.17, 15) is 5.26 Å². The number of benzene rings is 6. The van der Waals surface area contributed by atoms with E-state index in [2.05, 4.69) is 141 Å². The van der Waals surface area contributed by atoms with E-state index < -0.39 is 5.41 Å². The first-order chi connectivity index (χ1) is 27.4. The third-order valence-corrected chi connectivity index (χ3v) is 13.0. The molecule has 10 rings (SSSR count). The fraction of sp³-hybridized carbons (Fsp3) is 0.231. The smallest absolute Gasteiger partial charge is 0.164 e. The van der Waals surface area contributed by atoms with E-state index in [4.69, 9.17) is 15.0 Å². The maximum absolute atomic E-state index is 10.1. The Kier molecular flexibility index (Phi) is 8.29. The van der Waals surface area contributed by atoms with E-state index >= 15 is 0 Å². The Morgan fingerprint density at radius 1 is 0.518 bits per heavy atom. The summed E-state index contributed by atoms with van der Waals surface area (Å²) < 4.78 is 0. The van der Waals surface area contributed by atoms with Gasteiger partial charge in [0.25, 0.3) is 0 Å². The average Bonchev–Trinajstić information content (AvgIpc) is 3.54. The van der Waals surface area contributed by atoms with Crippen molar-refractivity contribution in [1.82, 2.24) is 15.0 Å². The Bertz CT molecular complexity index is 2550. The van der Waals surface area contributed by atoms with Crippen molar-refractivity contribution in [3.8, 4) is 51.4 Å². The molecule has 0 saturated heterocycles. The molecule has 272 valence electrons. The van der Waals surface area contributed by atoms with Crippen molar-refractivity contribution in [3.63, 3.8) is 0 Å². The Labute approximate surface area is 330 Å². The Morgan fingerprint density at radius 3 is 1.68 bits per heavy atom. The first-order valence-electron chi connectivity index (χ1n) is 20.2. The summed E-state index contributed by atoms with van der Waals surface area (Å²) in [4.78, 5) is 15.9. The predicted molar refractivity (Wildman–Crippen MR) is 225 cm³/mol. The molecule has 3 aliphatic rings. The van der Waals surface area contributed by atoms with Crippen LogP contribution in [-0.2, 0) is 10.8 Å². The van der Waals surface area contributed by atoms with Gasteiger partial charge in [-0.25, -0.2) is 15.0 Å². The fourth-order valence-corrected chi connectivity index (χ4v) is 11.2. The third-order valence-electron chi connectivity index (χ3n) is 13.0. The molecular weight excluding hydrogens is 681 g/mol. The maximum atomic E-state index is 10.1. The molecule has 1 heterocycles. The van der Waals surface area contributed by atoms with E-state index in [1.807, 2.05) is 30.3 Å².